The maximum absolute atomic E-state index is 13.2. The molecule has 0 N–H and O–H groups in total. The fraction of sp³-hybridized carbons (Fsp3) is 0.571. The van der Waals surface area contributed by atoms with E-state index >= 15 is 0 Å². The van der Waals surface area contributed by atoms with Gasteiger partial charge in [-0.1, -0.05) is 32.8 Å². The number of carbonyl (C=O) groups is 4. The number of rotatable bonds is 13. The number of carbonyl (C=O) groups excluding carboxylic acids is 4. The van der Waals surface area contributed by atoms with Gasteiger partial charge in [0.05, 0.1) is 42.6 Å². The van der Waals surface area contributed by atoms with Crippen LogP contribution < -0.4 is 9.47 Å². The molecule has 0 spiro atoms. The first-order chi connectivity index (χ1) is 21.4. The van der Waals surface area contributed by atoms with Gasteiger partial charge >= 0.3 is 23.9 Å². The molecule has 2 aliphatic carbocycles. The van der Waals surface area contributed by atoms with Crippen molar-refractivity contribution in [3.63, 3.8) is 0 Å². The molecule has 0 radical (unpaired) electrons. The average molecular weight is 608 g/mol. The van der Waals surface area contributed by atoms with Crippen LogP contribution in [0.5, 0.6) is 11.5 Å². The smallest absolute Gasteiger partial charge is 0.314 e. The lowest BCUT2D eigenvalue weighted by Gasteiger charge is -2.26. The largest absolute Gasteiger partial charge is 0.465 e. The Bertz CT molecular complexity index is 1250. The zero-order valence-electron chi connectivity index (χ0n) is 26.0. The topological polar surface area (TPSA) is 118 Å². The minimum absolute atomic E-state index is 0.171. The van der Waals surface area contributed by atoms with E-state index in [1.54, 1.807) is 36.5 Å². The molecule has 4 rings (SSSR count). The van der Waals surface area contributed by atoms with E-state index in [-0.39, 0.29) is 47.5 Å². The standard InChI is InChI=1S/C35H45NO8/c1-3-5-21-41-32(37)24-10-14-26(15-11-24)34(39)43-28-18-19-31(29(23-28)30-9-7-8-20-36-30)44-35(40)27-16-12-25(13-17-27)33(38)42-22-6-4-2/h7-9,18-20,23-27H,3-6,10-17,21-22H2,1-2H3. The van der Waals surface area contributed by atoms with Crippen LogP contribution in [0.15, 0.2) is 42.6 Å². The predicted octanol–water partition coefficient (Wildman–Crippen LogP) is 6.86. The molecule has 1 aromatic carbocycles. The van der Waals surface area contributed by atoms with Crippen molar-refractivity contribution in [3.8, 4) is 22.8 Å². The van der Waals surface area contributed by atoms with Crippen LogP contribution in [0.4, 0.5) is 0 Å². The zero-order chi connectivity index (χ0) is 31.3. The third-order valence-electron chi connectivity index (χ3n) is 8.59. The maximum Gasteiger partial charge on any atom is 0.314 e. The quantitative estimate of drug-likeness (QED) is 0.137. The van der Waals surface area contributed by atoms with Gasteiger partial charge < -0.3 is 18.9 Å². The van der Waals surface area contributed by atoms with E-state index in [4.69, 9.17) is 18.9 Å². The second-order valence-corrected chi connectivity index (χ2v) is 11.9. The van der Waals surface area contributed by atoms with Gasteiger partial charge in [-0.15, -0.1) is 0 Å². The van der Waals surface area contributed by atoms with Gasteiger partial charge in [-0.25, -0.2) is 0 Å². The molecular weight excluding hydrogens is 562 g/mol. The summed E-state index contributed by atoms with van der Waals surface area (Å²) >= 11 is 0. The van der Waals surface area contributed by atoms with Gasteiger partial charge in [0, 0.05) is 11.8 Å². The van der Waals surface area contributed by atoms with Crippen molar-refractivity contribution in [2.45, 2.75) is 90.9 Å². The number of unbranched alkanes of at least 4 members (excludes halogenated alkanes) is 2. The summed E-state index contributed by atoms with van der Waals surface area (Å²) in [6.45, 7) is 4.98. The third-order valence-corrected chi connectivity index (χ3v) is 8.59. The number of pyridine rings is 1. The number of esters is 4. The predicted molar refractivity (Wildman–Crippen MR) is 164 cm³/mol. The van der Waals surface area contributed by atoms with Crippen molar-refractivity contribution in [1.29, 1.82) is 0 Å². The van der Waals surface area contributed by atoms with E-state index in [2.05, 4.69) is 4.98 Å². The first kappa shape index (κ1) is 33.1. The molecule has 9 heteroatoms. The van der Waals surface area contributed by atoms with Crippen molar-refractivity contribution < 1.29 is 38.1 Å². The lowest BCUT2D eigenvalue weighted by atomic mass is 9.82. The van der Waals surface area contributed by atoms with Gasteiger partial charge in [0.25, 0.3) is 0 Å². The van der Waals surface area contributed by atoms with Crippen molar-refractivity contribution >= 4 is 23.9 Å². The van der Waals surface area contributed by atoms with E-state index in [9.17, 15) is 19.2 Å². The highest BCUT2D eigenvalue weighted by atomic mass is 16.5. The summed E-state index contributed by atoms with van der Waals surface area (Å²) in [6, 6.07) is 10.3. The molecular formula is C35H45NO8. The van der Waals surface area contributed by atoms with Gasteiger partial charge in [0.15, 0.2) is 0 Å². The summed E-state index contributed by atoms with van der Waals surface area (Å²) in [6.07, 6.45) is 9.90. The SMILES string of the molecule is CCCCOC(=O)C1CCC(C(=O)Oc2ccc(OC(=O)C3CCC(C(=O)OCCCC)CC3)c(-c3ccccn3)c2)CC1. The molecule has 0 bridgehead atoms. The van der Waals surface area contributed by atoms with E-state index in [0.29, 0.717) is 87.3 Å². The Morgan fingerprint density at radius 1 is 0.659 bits per heavy atom. The van der Waals surface area contributed by atoms with Crippen LogP contribution in [0.2, 0.25) is 0 Å². The molecule has 2 aromatic rings. The van der Waals surface area contributed by atoms with Crippen LogP contribution in [-0.4, -0.2) is 42.1 Å². The summed E-state index contributed by atoms with van der Waals surface area (Å²) in [4.78, 5) is 55.3. The number of hydrogen-bond acceptors (Lipinski definition) is 9. The number of ether oxygens (including phenoxy) is 4. The Labute approximate surface area is 260 Å². The van der Waals surface area contributed by atoms with Crippen molar-refractivity contribution in [2.24, 2.45) is 23.7 Å². The summed E-state index contributed by atoms with van der Waals surface area (Å²) < 4.78 is 22.4. The van der Waals surface area contributed by atoms with Crippen molar-refractivity contribution in [3.05, 3.63) is 42.6 Å². The van der Waals surface area contributed by atoms with Gasteiger partial charge in [-0.2, -0.15) is 0 Å². The highest BCUT2D eigenvalue weighted by Gasteiger charge is 2.33. The van der Waals surface area contributed by atoms with Crippen molar-refractivity contribution in [2.75, 3.05) is 13.2 Å². The molecule has 0 aliphatic heterocycles. The molecule has 0 saturated heterocycles. The zero-order valence-corrected chi connectivity index (χ0v) is 26.0. The molecule has 2 saturated carbocycles. The fourth-order valence-corrected chi connectivity index (χ4v) is 5.77. The lowest BCUT2D eigenvalue weighted by molar-refractivity contribution is -0.152. The Kier molecular flexibility index (Phi) is 12.8. The number of hydrogen-bond donors (Lipinski definition) is 0. The van der Waals surface area contributed by atoms with Crippen LogP contribution >= 0.6 is 0 Å². The Hall–Kier alpha value is -3.75. The van der Waals surface area contributed by atoms with Gasteiger partial charge in [-0.05, 0) is 94.5 Å². The maximum atomic E-state index is 13.2. The summed E-state index contributed by atoms with van der Waals surface area (Å²) in [5, 5.41) is 0. The molecule has 2 fully saturated rings. The van der Waals surface area contributed by atoms with Gasteiger partial charge in [-0.3, -0.25) is 24.2 Å². The van der Waals surface area contributed by atoms with Crippen LogP contribution in [0.3, 0.4) is 0 Å². The molecule has 0 unspecified atom stereocenters. The first-order valence-corrected chi connectivity index (χ1v) is 16.2. The number of benzene rings is 1. The first-order valence-electron chi connectivity index (χ1n) is 16.2. The Morgan fingerprint density at radius 2 is 1.16 bits per heavy atom. The number of aromatic nitrogens is 1. The minimum Gasteiger partial charge on any atom is -0.465 e. The lowest BCUT2D eigenvalue weighted by Crippen LogP contribution is -2.30. The average Bonchev–Trinajstić information content (AvgIpc) is 3.06. The second kappa shape index (κ2) is 16.9. The van der Waals surface area contributed by atoms with Gasteiger partial charge in [0.1, 0.15) is 11.5 Å². The summed E-state index contributed by atoms with van der Waals surface area (Å²) in [7, 11) is 0. The fourth-order valence-electron chi connectivity index (χ4n) is 5.77. The summed E-state index contributed by atoms with van der Waals surface area (Å²) in [5.74, 6) is -1.35. The number of nitrogens with zero attached hydrogens (tertiary/aromatic N) is 1. The normalized spacial score (nSPS) is 21.6. The molecule has 238 valence electrons. The molecule has 2 aliphatic rings. The van der Waals surface area contributed by atoms with E-state index in [0.717, 1.165) is 25.7 Å². The van der Waals surface area contributed by atoms with Crippen LogP contribution in [0.25, 0.3) is 11.3 Å². The van der Waals surface area contributed by atoms with E-state index in [1.165, 1.54) is 0 Å². The highest BCUT2D eigenvalue weighted by molar-refractivity contribution is 5.81. The Morgan fingerprint density at radius 3 is 1.64 bits per heavy atom. The molecule has 1 heterocycles. The van der Waals surface area contributed by atoms with E-state index in [1.807, 2.05) is 19.9 Å². The summed E-state index contributed by atoms with van der Waals surface area (Å²) in [5.41, 5.74) is 1.12. The molecule has 0 amide bonds. The second-order valence-electron chi connectivity index (χ2n) is 11.9. The molecule has 44 heavy (non-hydrogen) atoms. The van der Waals surface area contributed by atoms with Crippen molar-refractivity contribution in [1.82, 2.24) is 4.98 Å². The molecule has 0 atom stereocenters. The molecule has 1 aromatic heterocycles. The van der Waals surface area contributed by atoms with Gasteiger partial charge in [0.2, 0.25) is 0 Å². The van der Waals surface area contributed by atoms with Crippen LogP contribution in [0.1, 0.15) is 90.9 Å². The Balaban J connectivity index is 1.35. The third kappa shape index (κ3) is 9.37. The van der Waals surface area contributed by atoms with E-state index < -0.39 is 0 Å². The van der Waals surface area contributed by atoms with Crippen LogP contribution in [-0.2, 0) is 28.7 Å². The minimum atomic E-state index is -0.352. The highest BCUT2D eigenvalue weighted by Crippen LogP contribution is 2.37. The van der Waals surface area contributed by atoms with Crippen LogP contribution in [0, 0.1) is 23.7 Å². The molecule has 9 nitrogen and oxygen atoms in total. The monoisotopic (exact) mass is 607 g/mol.